The Morgan fingerprint density at radius 2 is 1.77 bits per heavy atom. The van der Waals surface area contributed by atoms with Crippen molar-refractivity contribution in [3.05, 3.63) is 79.2 Å². The van der Waals surface area contributed by atoms with E-state index in [-0.39, 0.29) is 18.9 Å². The Hall–Kier alpha value is -0.623. The average Bonchev–Trinajstić information content (AvgIpc) is 3.28. The minimum absolute atomic E-state index is 0. The largest absolute Gasteiger partial charge is 1.00 e. The maximum absolute atomic E-state index is 12.5. The molecule has 2 aromatic rings. The second kappa shape index (κ2) is 13.8. The first kappa shape index (κ1) is 28.4. The molecular weight excluding hydrogens is 516 g/mol. The van der Waals surface area contributed by atoms with Crippen molar-refractivity contribution >= 4 is 15.6 Å². The smallest absolute Gasteiger partial charge is 0.341 e. The second-order valence-electron chi connectivity index (χ2n) is 7.50. The maximum Gasteiger partial charge on any atom is 1.00 e. The Kier molecular flexibility index (Phi) is 12.7. The molecule has 0 spiro atoms. The van der Waals surface area contributed by atoms with Crippen LogP contribution in [0.1, 0.15) is 37.8 Å². The van der Waals surface area contributed by atoms with Crippen LogP contribution in [-0.2, 0) is 14.5 Å². The van der Waals surface area contributed by atoms with E-state index < -0.39 is 35.3 Å². The quantitative estimate of drug-likeness (QED) is 0.193. The van der Waals surface area contributed by atoms with E-state index in [1.165, 1.54) is 0 Å². The summed E-state index contributed by atoms with van der Waals surface area (Å²) in [5.74, 6) is 0.583. The minimum atomic E-state index is -3.37. The number of nitrogens with zero attached hydrogens (tertiary/aromatic N) is 1. The molecule has 1 heterocycles. The van der Waals surface area contributed by atoms with Crippen molar-refractivity contribution < 1.29 is 53.6 Å². The first-order valence-electron chi connectivity index (χ1n) is 9.99. The molecule has 1 aliphatic rings. The van der Waals surface area contributed by atoms with Crippen LogP contribution in [0.5, 0.6) is 0 Å². The van der Waals surface area contributed by atoms with Crippen molar-refractivity contribution in [1.82, 2.24) is 4.31 Å². The summed E-state index contributed by atoms with van der Waals surface area (Å²) in [4.78, 5) is 0.340. The van der Waals surface area contributed by atoms with Crippen LogP contribution >= 0.6 is 0 Å². The van der Waals surface area contributed by atoms with Gasteiger partial charge in [-0.05, 0) is 0 Å². The Bertz CT molecular complexity index is 893. The third kappa shape index (κ3) is 9.03. The molecule has 2 aromatic carbocycles. The fourth-order valence-electron chi connectivity index (χ4n) is 2.77. The molecule has 0 amide bonds. The predicted octanol–water partition coefficient (Wildman–Crippen LogP) is -1.82. The first-order valence-corrected chi connectivity index (χ1v) is 14.2. The van der Waals surface area contributed by atoms with E-state index in [0.717, 1.165) is 28.4 Å². The summed E-state index contributed by atoms with van der Waals surface area (Å²) in [6.45, 7) is 15.0. The number of halogens is 1. The van der Waals surface area contributed by atoms with Crippen molar-refractivity contribution in [1.29, 1.82) is 0 Å². The molecule has 31 heavy (non-hydrogen) atoms. The Balaban J connectivity index is 0.000000885. The van der Waals surface area contributed by atoms with Gasteiger partial charge in [0, 0.05) is 0 Å². The van der Waals surface area contributed by atoms with Crippen LogP contribution in [0.2, 0.25) is 0 Å². The maximum atomic E-state index is 12.5. The van der Waals surface area contributed by atoms with Gasteiger partial charge in [0.2, 0.25) is 0 Å². The van der Waals surface area contributed by atoms with Crippen LogP contribution in [0.3, 0.4) is 0 Å². The van der Waals surface area contributed by atoms with Gasteiger partial charge in [0.1, 0.15) is 0 Å². The van der Waals surface area contributed by atoms with E-state index in [9.17, 15) is 13.5 Å². The molecule has 0 bridgehead atoms. The fourth-order valence-corrected chi connectivity index (χ4v) is 6.54. The molecule has 3 rings (SSSR count). The Morgan fingerprint density at radius 1 is 1.19 bits per heavy atom. The van der Waals surface area contributed by atoms with Crippen molar-refractivity contribution in [2.24, 2.45) is 5.92 Å². The molecule has 4 nitrogen and oxygen atoms in total. The van der Waals surface area contributed by atoms with Crippen LogP contribution in [0.25, 0.3) is 5.57 Å². The molecule has 0 saturated carbocycles. The molecule has 7 heteroatoms. The topological polar surface area (TPSA) is 57.6 Å². The van der Waals surface area contributed by atoms with Crippen LogP contribution in [-0.4, -0.2) is 35.0 Å². The van der Waals surface area contributed by atoms with E-state index in [1.54, 1.807) is 22.5 Å². The number of hydrogen-bond acceptors (Lipinski definition) is 3. The molecule has 0 aliphatic carbocycles. The zero-order valence-electron chi connectivity index (χ0n) is 18.6. The molecule has 1 unspecified atom stereocenters. The van der Waals surface area contributed by atoms with Gasteiger partial charge in [0.05, 0.1) is 0 Å². The number of benzene rings is 2. The van der Waals surface area contributed by atoms with Gasteiger partial charge in [-0.15, -0.1) is 0 Å². The average molecular weight is 546 g/mol. The molecule has 0 aromatic heterocycles. The van der Waals surface area contributed by atoms with E-state index >= 15 is 0 Å². The van der Waals surface area contributed by atoms with Gasteiger partial charge in [-0.2, -0.15) is 5.92 Å². The third-order valence-corrected chi connectivity index (χ3v) is 9.02. The van der Waals surface area contributed by atoms with Crippen LogP contribution in [0, 0.1) is 25.5 Å². The van der Waals surface area contributed by atoms with Gasteiger partial charge in [-0.3, -0.25) is 0 Å². The number of rotatable bonds is 7. The summed E-state index contributed by atoms with van der Waals surface area (Å²) in [5, 5.41) is 10.3. The van der Waals surface area contributed by atoms with Gasteiger partial charge >= 0.3 is 185 Å². The summed E-state index contributed by atoms with van der Waals surface area (Å²) < 4.78 is 26.7. The zero-order valence-corrected chi connectivity index (χ0v) is 21.6. The Labute approximate surface area is 210 Å². The molecular formula is C24H30ILiNO3S-3. The van der Waals surface area contributed by atoms with E-state index in [2.05, 4.69) is 26.8 Å². The normalized spacial score (nSPS) is 15.1. The van der Waals surface area contributed by atoms with Gasteiger partial charge in [0.15, 0.2) is 0 Å². The van der Waals surface area contributed by atoms with E-state index in [0.29, 0.717) is 29.5 Å². The standard InChI is InChI=1S/C20H21INO3S.C4H9.Li/c1-16(18-7-3-2-4-8-18)20(23)21-15-17-9-11-19(12-10-17)26(24,25)22-13-5-6-14-22;1-4(2)3;/h1-4,7,9-12,20,23H,5-6,13-15H2;4H,1H2,2-3H3;/q-3;-1;+1. The van der Waals surface area contributed by atoms with Crippen LogP contribution < -0.4 is 40.1 Å². The summed E-state index contributed by atoms with van der Waals surface area (Å²) in [7, 11) is -3.37. The molecule has 0 radical (unpaired) electrons. The number of aliphatic hydroxyl groups is 1. The SMILES string of the molecule is [CH-]=C(c1[c-]cccc1)C(O)[I-]Cc1ccc(S(=O)(=O)N2CCCC2)cc1.[CH2-]C(C)C.[Li+]. The molecule has 1 fully saturated rings. The van der Waals surface area contributed by atoms with E-state index in [1.807, 2.05) is 30.3 Å². The summed E-state index contributed by atoms with van der Waals surface area (Å²) >= 11 is -0.617. The van der Waals surface area contributed by atoms with Crippen molar-refractivity contribution in [2.45, 2.75) is 40.1 Å². The summed E-state index contributed by atoms with van der Waals surface area (Å²) in [6, 6.07) is 17.3. The molecule has 1 saturated heterocycles. The first-order chi connectivity index (χ1) is 14.2. The minimum Gasteiger partial charge on any atom is -0.341 e. The molecule has 1 atom stereocenters. The van der Waals surface area contributed by atoms with Crippen molar-refractivity contribution in [3.63, 3.8) is 0 Å². The fraction of sp³-hybridized carbons (Fsp3) is 0.375. The zero-order chi connectivity index (χ0) is 22.1. The monoisotopic (exact) mass is 546 g/mol. The Morgan fingerprint density at radius 3 is 2.29 bits per heavy atom. The number of sulfonamides is 1. The molecule has 1 aliphatic heterocycles. The number of aliphatic hydroxyl groups excluding tert-OH is 1. The summed E-state index contributed by atoms with van der Waals surface area (Å²) in [5.41, 5.74) is 2.19. The van der Waals surface area contributed by atoms with Crippen LogP contribution in [0.4, 0.5) is 0 Å². The van der Waals surface area contributed by atoms with Gasteiger partial charge in [-0.1, -0.05) is 13.8 Å². The predicted molar refractivity (Wildman–Crippen MR) is 117 cm³/mol. The van der Waals surface area contributed by atoms with Crippen molar-refractivity contribution in [2.75, 3.05) is 13.1 Å². The van der Waals surface area contributed by atoms with Gasteiger partial charge < -0.3 is 6.92 Å². The van der Waals surface area contributed by atoms with Crippen LogP contribution in [0.15, 0.2) is 53.4 Å². The molecule has 1 N–H and O–H groups in total. The van der Waals surface area contributed by atoms with Crippen molar-refractivity contribution in [3.8, 4) is 0 Å². The number of alkyl halides is 2. The molecule has 166 valence electrons. The number of hydrogen-bond donors (Lipinski definition) is 1. The van der Waals surface area contributed by atoms with E-state index in [4.69, 9.17) is 6.58 Å². The summed E-state index contributed by atoms with van der Waals surface area (Å²) in [6.07, 6.45) is 1.85. The second-order valence-corrected chi connectivity index (χ2v) is 12.3. The van der Waals surface area contributed by atoms with Gasteiger partial charge in [-0.25, -0.2) is 0 Å². The third-order valence-electron chi connectivity index (χ3n) is 4.28. The van der Waals surface area contributed by atoms with Gasteiger partial charge in [0.25, 0.3) is 0 Å².